The summed E-state index contributed by atoms with van der Waals surface area (Å²) in [6, 6.07) is 0. The average Bonchev–Trinajstić information content (AvgIpc) is 3.36. The zero-order chi connectivity index (χ0) is 35.7. The lowest BCUT2D eigenvalue weighted by molar-refractivity contribution is -0.434. The molecule has 4 rings (SSSR count). The first kappa shape index (κ1) is 38.6. The molecule has 0 aromatic carbocycles. The minimum Gasteiger partial charge on any atom is -0.464 e. The Morgan fingerprint density at radius 1 is 1.00 bits per heavy atom. The van der Waals surface area contributed by atoms with Crippen LogP contribution in [0.3, 0.4) is 0 Å². The van der Waals surface area contributed by atoms with E-state index in [0.717, 1.165) is 6.42 Å². The third-order valence-electron chi connectivity index (χ3n) is 12.1. The van der Waals surface area contributed by atoms with Crippen LogP contribution in [0.4, 0.5) is 22.0 Å². The highest BCUT2D eigenvalue weighted by Gasteiger charge is 2.67. The van der Waals surface area contributed by atoms with Crippen LogP contribution in [-0.2, 0) is 47.5 Å². The molecule has 12 atom stereocenters. The molecule has 4 fully saturated rings. The van der Waals surface area contributed by atoms with Gasteiger partial charge in [0.25, 0.3) is 19.0 Å². The number of halogens is 5. The maximum atomic E-state index is 14.1. The molecule has 274 valence electrons. The number of ether oxygens (including phenoxy) is 4. The van der Waals surface area contributed by atoms with Crippen molar-refractivity contribution in [2.75, 3.05) is 0 Å². The zero-order valence-corrected chi connectivity index (χ0v) is 27.9. The quantitative estimate of drug-likeness (QED) is 0.0402. The van der Waals surface area contributed by atoms with Gasteiger partial charge in [0, 0.05) is 24.7 Å². The van der Waals surface area contributed by atoms with E-state index in [9.17, 15) is 41.1 Å². The SMILES string of the molecule is CC(=O)O[C@@H]1CC[C@@]2(C)[C@@H](C1)C[C@@H](OC=O)[C@@H]1[C@@H]2C[C@H](OC=O)[C@]2(C)[C@@H](C(C)CCC(=O)OC(C(F)(F)F)C(F)(F)SOOO)CC[C@@H]12. The van der Waals surface area contributed by atoms with E-state index in [1.165, 1.54) is 6.92 Å². The Bertz CT molecular complexity index is 1180. The summed E-state index contributed by atoms with van der Waals surface area (Å²) in [6.45, 7) is 8.24. The minimum absolute atomic E-state index is 0.00114. The van der Waals surface area contributed by atoms with Gasteiger partial charge in [0.05, 0.1) is 0 Å². The van der Waals surface area contributed by atoms with E-state index < -0.39 is 59.6 Å². The van der Waals surface area contributed by atoms with Gasteiger partial charge in [-0.3, -0.25) is 19.2 Å². The highest BCUT2D eigenvalue weighted by molar-refractivity contribution is 7.95. The highest BCUT2D eigenvalue weighted by Crippen LogP contribution is 2.69. The van der Waals surface area contributed by atoms with Crippen LogP contribution in [0, 0.1) is 46.3 Å². The van der Waals surface area contributed by atoms with Gasteiger partial charge in [-0.1, -0.05) is 25.8 Å². The molecule has 0 aromatic heterocycles. The number of carbonyl (C=O) groups is 4. The van der Waals surface area contributed by atoms with Crippen LogP contribution >= 0.6 is 12.0 Å². The second kappa shape index (κ2) is 14.9. The third-order valence-corrected chi connectivity index (χ3v) is 12.6. The van der Waals surface area contributed by atoms with Crippen molar-refractivity contribution in [2.24, 2.45) is 46.3 Å². The predicted molar refractivity (Wildman–Crippen MR) is 155 cm³/mol. The smallest absolute Gasteiger partial charge is 0.432 e. The third kappa shape index (κ3) is 7.58. The fourth-order valence-corrected chi connectivity index (χ4v) is 10.4. The molecule has 0 aromatic rings. The molecule has 0 bridgehead atoms. The van der Waals surface area contributed by atoms with Crippen LogP contribution < -0.4 is 0 Å². The lowest BCUT2D eigenvalue weighted by Gasteiger charge is -2.64. The topological polar surface area (TPSA) is 144 Å². The van der Waals surface area contributed by atoms with Crippen molar-refractivity contribution in [1.29, 1.82) is 0 Å². The van der Waals surface area contributed by atoms with Gasteiger partial charge < -0.3 is 18.9 Å². The van der Waals surface area contributed by atoms with Crippen molar-refractivity contribution < 1.29 is 74.7 Å². The second-order valence-corrected chi connectivity index (χ2v) is 15.1. The van der Waals surface area contributed by atoms with Gasteiger partial charge >= 0.3 is 23.4 Å². The van der Waals surface area contributed by atoms with Crippen LogP contribution in [0.2, 0.25) is 0 Å². The van der Waals surface area contributed by atoms with E-state index >= 15 is 0 Å². The number of hydrogen-bond donors (Lipinski definition) is 1. The van der Waals surface area contributed by atoms with Crippen molar-refractivity contribution in [3.05, 3.63) is 0 Å². The van der Waals surface area contributed by atoms with Crippen molar-refractivity contribution in [3.63, 3.8) is 0 Å². The van der Waals surface area contributed by atoms with Crippen LogP contribution in [0.1, 0.15) is 85.5 Å². The Kier molecular flexibility index (Phi) is 12.0. The predicted octanol–water partition coefficient (Wildman–Crippen LogP) is 6.43. The lowest BCUT2D eigenvalue weighted by atomic mass is 9.43. The van der Waals surface area contributed by atoms with Gasteiger partial charge in [0.1, 0.15) is 30.4 Å². The fraction of sp³-hybridized carbons (Fsp3) is 0.871. The molecule has 11 nitrogen and oxygen atoms in total. The zero-order valence-electron chi connectivity index (χ0n) is 27.1. The van der Waals surface area contributed by atoms with Crippen molar-refractivity contribution in [2.45, 2.75) is 121 Å². The normalized spacial score (nSPS) is 37.5. The molecule has 17 heteroatoms. The molecule has 4 aliphatic carbocycles. The maximum Gasteiger partial charge on any atom is 0.432 e. The Balaban J connectivity index is 1.53. The number of esters is 2. The summed E-state index contributed by atoms with van der Waals surface area (Å²) < 4.78 is 93.2. The van der Waals surface area contributed by atoms with Gasteiger partial charge in [-0.25, -0.2) is 5.26 Å². The second-order valence-electron chi connectivity index (χ2n) is 14.2. The Morgan fingerprint density at radius 3 is 2.29 bits per heavy atom. The number of rotatable bonds is 14. The maximum absolute atomic E-state index is 14.1. The van der Waals surface area contributed by atoms with Crippen LogP contribution in [0.25, 0.3) is 0 Å². The summed E-state index contributed by atoms with van der Waals surface area (Å²) in [5.74, 6) is -2.45. The summed E-state index contributed by atoms with van der Waals surface area (Å²) in [5, 5.41) is 6.21. The van der Waals surface area contributed by atoms with E-state index in [0.29, 0.717) is 51.5 Å². The first-order valence-corrected chi connectivity index (χ1v) is 16.8. The molecule has 1 N–H and O–H groups in total. The van der Waals surface area contributed by atoms with Crippen LogP contribution in [0.5, 0.6) is 0 Å². The minimum atomic E-state index is -5.66. The molecular weight excluding hydrogens is 675 g/mol. The molecule has 2 unspecified atom stereocenters. The molecule has 0 spiro atoms. The molecule has 0 amide bonds. The molecule has 0 aliphatic heterocycles. The Labute approximate surface area is 279 Å². The first-order valence-electron chi connectivity index (χ1n) is 16.1. The van der Waals surface area contributed by atoms with E-state index in [4.69, 9.17) is 19.5 Å². The highest BCUT2D eigenvalue weighted by atomic mass is 32.2. The number of fused-ring (bicyclic) bond motifs is 5. The van der Waals surface area contributed by atoms with Gasteiger partial charge in [-0.2, -0.15) is 22.0 Å². The van der Waals surface area contributed by atoms with E-state index in [1.54, 1.807) is 0 Å². The molecular formula is C31H43F5O11S. The summed E-state index contributed by atoms with van der Waals surface area (Å²) >= 11 is -1.16. The van der Waals surface area contributed by atoms with Gasteiger partial charge in [-0.15, -0.1) is 4.33 Å². The molecule has 4 saturated carbocycles. The van der Waals surface area contributed by atoms with E-state index in [2.05, 4.69) is 21.0 Å². The molecule has 0 radical (unpaired) electrons. The monoisotopic (exact) mass is 718 g/mol. The summed E-state index contributed by atoms with van der Waals surface area (Å²) in [4.78, 5) is 47.8. The van der Waals surface area contributed by atoms with Crippen LogP contribution in [-0.4, -0.2) is 66.0 Å². The summed E-state index contributed by atoms with van der Waals surface area (Å²) in [5.41, 5.74) is -0.874. The van der Waals surface area contributed by atoms with Crippen LogP contribution in [0.15, 0.2) is 0 Å². The fourth-order valence-electron chi connectivity index (χ4n) is 10.1. The van der Waals surface area contributed by atoms with Gasteiger partial charge in [-0.05, 0) is 86.4 Å². The van der Waals surface area contributed by atoms with Gasteiger partial charge in [0.2, 0.25) is 0 Å². The number of alkyl halides is 5. The summed E-state index contributed by atoms with van der Waals surface area (Å²) in [6.07, 6.45) is -6.95. The molecule has 0 saturated heterocycles. The lowest BCUT2D eigenvalue weighted by Crippen LogP contribution is -2.63. The van der Waals surface area contributed by atoms with Crippen molar-refractivity contribution in [3.8, 4) is 0 Å². The summed E-state index contributed by atoms with van der Waals surface area (Å²) in [7, 11) is 0. The molecule has 4 aliphatic rings. The van der Waals surface area contributed by atoms with Gasteiger partial charge in [0.15, 0.2) is 0 Å². The number of carbonyl (C=O) groups excluding carboxylic acids is 4. The average molecular weight is 719 g/mol. The first-order chi connectivity index (χ1) is 22.4. The standard InChI is InChI=1S/C31H43F5O11S/c1-16(5-8-25(40)45-27(30(32,33)34)31(35,36)48-47-46-41)20-6-7-21-26-22(13-24(43-15-38)29(20,21)4)28(3)10-9-19(44-17(2)39)11-18(28)12-23(26)42-14-37/h14-16,18-24,26-27,41H,5-13H2,1-4H3/t16?,18-,19+,20+,21-,22-,23+,24-,26-,27?,28-,29+/m0/s1. The van der Waals surface area contributed by atoms with E-state index in [-0.39, 0.29) is 59.4 Å². The largest absolute Gasteiger partial charge is 0.464 e. The molecule has 48 heavy (non-hydrogen) atoms. The molecule has 0 heterocycles. The van der Waals surface area contributed by atoms with Crippen molar-refractivity contribution >= 4 is 36.9 Å². The van der Waals surface area contributed by atoms with E-state index in [1.807, 2.05) is 13.8 Å². The Morgan fingerprint density at radius 2 is 1.69 bits per heavy atom. The van der Waals surface area contributed by atoms with Crippen molar-refractivity contribution in [1.82, 2.24) is 0 Å². The number of hydrogen-bond acceptors (Lipinski definition) is 12. The Hall–Kier alpha value is -2.24.